The van der Waals surface area contributed by atoms with Crippen molar-refractivity contribution in [1.29, 1.82) is 0 Å². The summed E-state index contributed by atoms with van der Waals surface area (Å²) in [7, 11) is 0. The zero-order valence-electron chi connectivity index (χ0n) is 30.3. The van der Waals surface area contributed by atoms with E-state index in [0.717, 1.165) is 34.1 Å². The van der Waals surface area contributed by atoms with Gasteiger partial charge in [0.2, 0.25) is 0 Å². The molecule has 1 atom stereocenters. The van der Waals surface area contributed by atoms with Gasteiger partial charge >= 0.3 is 0 Å². The molecule has 0 amide bonds. The van der Waals surface area contributed by atoms with Gasteiger partial charge < -0.3 is 9.80 Å². The van der Waals surface area contributed by atoms with Gasteiger partial charge in [-0.25, -0.2) is 0 Å². The third-order valence-electron chi connectivity index (χ3n) is 10.0. The van der Waals surface area contributed by atoms with Crippen LogP contribution in [0.4, 0.5) is 34.1 Å². The highest BCUT2D eigenvalue weighted by Crippen LogP contribution is 2.42. The maximum absolute atomic E-state index is 2.36. The molecule has 0 fully saturated rings. The molecule has 7 rings (SSSR count). The Labute approximate surface area is 304 Å². The van der Waals surface area contributed by atoms with E-state index in [0.29, 0.717) is 0 Å². The molecule has 51 heavy (non-hydrogen) atoms. The first kappa shape index (κ1) is 33.6. The van der Waals surface area contributed by atoms with Crippen LogP contribution in [0, 0.1) is 27.7 Å². The van der Waals surface area contributed by atoms with E-state index in [-0.39, 0.29) is 11.8 Å². The summed E-state index contributed by atoms with van der Waals surface area (Å²) >= 11 is 0. The van der Waals surface area contributed by atoms with Crippen molar-refractivity contribution in [3.63, 3.8) is 0 Å². The van der Waals surface area contributed by atoms with Crippen LogP contribution in [0.1, 0.15) is 57.7 Å². The Kier molecular flexibility index (Phi) is 9.85. The largest absolute Gasteiger partial charge is 0.311 e. The van der Waals surface area contributed by atoms with Crippen molar-refractivity contribution >= 4 is 34.1 Å². The van der Waals surface area contributed by atoms with Gasteiger partial charge in [0.25, 0.3) is 0 Å². The van der Waals surface area contributed by atoms with Gasteiger partial charge in [0.15, 0.2) is 0 Å². The first-order valence-corrected chi connectivity index (χ1v) is 18.0. The van der Waals surface area contributed by atoms with Gasteiger partial charge in [-0.05, 0) is 123 Å². The van der Waals surface area contributed by atoms with Crippen molar-refractivity contribution in [2.75, 3.05) is 9.80 Å². The summed E-state index contributed by atoms with van der Waals surface area (Å²) in [6, 6.07) is 64.5. The minimum Gasteiger partial charge on any atom is -0.311 e. The number of benzene rings is 7. The lowest BCUT2D eigenvalue weighted by atomic mass is 9.78. The number of rotatable bonds is 10. The summed E-state index contributed by atoms with van der Waals surface area (Å²) in [6.45, 7) is 10.9. The molecule has 2 nitrogen and oxygen atoms in total. The first-order chi connectivity index (χ1) is 24.8. The lowest BCUT2D eigenvalue weighted by Gasteiger charge is -2.29. The fraction of sp³-hybridized carbons (Fsp3) is 0.143. The zero-order valence-corrected chi connectivity index (χ0v) is 30.3. The van der Waals surface area contributed by atoms with Crippen LogP contribution < -0.4 is 9.80 Å². The molecule has 7 aromatic carbocycles. The molecule has 0 aromatic heterocycles. The minimum atomic E-state index is 0.162. The van der Waals surface area contributed by atoms with Crippen LogP contribution in [0.25, 0.3) is 0 Å². The molecule has 0 bridgehead atoms. The van der Waals surface area contributed by atoms with Gasteiger partial charge in [0, 0.05) is 40.0 Å². The van der Waals surface area contributed by atoms with Crippen LogP contribution in [-0.2, 0) is 0 Å². The minimum absolute atomic E-state index is 0.162. The predicted molar refractivity (Wildman–Crippen MR) is 218 cm³/mol. The van der Waals surface area contributed by atoms with Crippen molar-refractivity contribution in [3.05, 3.63) is 215 Å². The highest BCUT2D eigenvalue weighted by atomic mass is 15.1. The first-order valence-electron chi connectivity index (χ1n) is 18.0. The summed E-state index contributed by atoms with van der Waals surface area (Å²) in [5, 5.41) is 0. The Morgan fingerprint density at radius 3 is 0.824 bits per heavy atom. The van der Waals surface area contributed by atoms with E-state index in [2.05, 4.69) is 220 Å². The van der Waals surface area contributed by atoms with E-state index in [1.165, 1.54) is 38.9 Å². The normalized spacial score (nSPS) is 11.7. The van der Waals surface area contributed by atoms with Crippen LogP contribution in [0.2, 0.25) is 0 Å². The molecule has 0 radical (unpaired) electrons. The Bertz CT molecular complexity index is 1920. The monoisotopic (exact) mass is 662 g/mol. The molecule has 7 aromatic rings. The van der Waals surface area contributed by atoms with Crippen molar-refractivity contribution in [3.8, 4) is 0 Å². The van der Waals surface area contributed by atoms with Gasteiger partial charge in [-0.2, -0.15) is 0 Å². The fourth-order valence-corrected chi connectivity index (χ4v) is 7.05. The molecule has 1 unspecified atom stereocenters. The quantitative estimate of drug-likeness (QED) is 0.144. The summed E-state index contributed by atoms with van der Waals surface area (Å²) < 4.78 is 0. The predicted octanol–water partition coefficient (Wildman–Crippen LogP) is 13.8. The number of aryl methyl sites for hydroxylation is 4. The topological polar surface area (TPSA) is 6.48 Å². The fourth-order valence-electron chi connectivity index (χ4n) is 7.05. The average Bonchev–Trinajstić information content (AvgIpc) is 3.16. The molecule has 0 aliphatic rings. The molecule has 252 valence electrons. The highest BCUT2D eigenvalue weighted by Gasteiger charge is 2.24. The van der Waals surface area contributed by atoms with Crippen molar-refractivity contribution in [1.82, 2.24) is 0 Å². The molecule has 0 spiro atoms. The van der Waals surface area contributed by atoms with Crippen molar-refractivity contribution in [2.24, 2.45) is 0 Å². The Morgan fingerprint density at radius 2 is 0.549 bits per heavy atom. The van der Waals surface area contributed by atoms with Gasteiger partial charge in [0.1, 0.15) is 0 Å². The van der Waals surface area contributed by atoms with Gasteiger partial charge in [0.05, 0.1) is 0 Å². The summed E-state index contributed by atoms with van der Waals surface area (Å²) in [5.74, 6) is 0.424. The molecule has 0 aliphatic carbocycles. The highest BCUT2D eigenvalue weighted by molar-refractivity contribution is 5.78. The molecule has 0 heterocycles. The van der Waals surface area contributed by atoms with E-state index >= 15 is 0 Å². The molecule has 0 aliphatic heterocycles. The lowest BCUT2D eigenvalue weighted by molar-refractivity contribution is 0.657. The van der Waals surface area contributed by atoms with E-state index < -0.39 is 0 Å². The standard InChI is InChI=1S/C49H46N2/c1-35-11-23-43(24-12-35)50(44-25-13-36(2)14-26-44)47-31-19-41(20-32-47)49(39(5)40-9-7-6-8-10-40)42-21-33-48(34-22-42)51(45-27-15-37(3)16-28-45)46-29-17-38(4)18-30-46/h6-34,39,49H,1-5H3. The second-order valence-electron chi connectivity index (χ2n) is 13.9. The molecular weight excluding hydrogens is 617 g/mol. The maximum Gasteiger partial charge on any atom is 0.0461 e. The van der Waals surface area contributed by atoms with Gasteiger partial charge in [-0.3, -0.25) is 0 Å². The van der Waals surface area contributed by atoms with Gasteiger partial charge in [-0.15, -0.1) is 0 Å². The molecule has 0 saturated heterocycles. The Morgan fingerprint density at radius 1 is 0.294 bits per heavy atom. The van der Waals surface area contributed by atoms with E-state index in [9.17, 15) is 0 Å². The maximum atomic E-state index is 2.36. The van der Waals surface area contributed by atoms with Crippen LogP contribution in [0.3, 0.4) is 0 Å². The van der Waals surface area contributed by atoms with E-state index in [1.807, 2.05) is 0 Å². The number of anilines is 6. The SMILES string of the molecule is Cc1ccc(N(c2ccc(C)cc2)c2ccc(C(c3ccc(N(c4ccc(C)cc4)c4ccc(C)cc4)cc3)C(C)c3ccccc3)cc2)cc1. The molecule has 0 N–H and O–H groups in total. The van der Waals surface area contributed by atoms with Crippen molar-refractivity contribution in [2.45, 2.75) is 46.5 Å². The smallest absolute Gasteiger partial charge is 0.0461 e. The Balaban J connectivity index is 1.28. The second-order valence-corrected chi connectivity index (χ2v) is 13.9. The third kappa shape index (κ3) is 7.51. The summed E-state index contributed by atoms with van der Waals surface area (Å²) in [6.07, 6.45) is 0. The summed E-state index contributed by atoms with van der Waals surface area (Å²) in [4.78, 5) is 4.69. The Hall–Kier alpha value is -5.86. The second kappa shape index (κ2) is 14.9. The molecule has 0 saturated carbocycles. The van der Waals surface area contributed by atoms with Crippen LogP contribution >= 0.6 is 0 Å². The third-order valence-corrected chi connectivity index (χ3v) is 10.0. The van der Waals surface area contributed by atoms with Gasteiger partial charge in [-0.1, -0.05) is 132 Å². The summed E-state index contributed by atoms with van der Waals surface area (Å²) in [5.41, 5.74) is 15.8. The van der Waals surface area contributed by atoms with Crippen LogP contribution in [-0.4, -0.2) is 0 Å². The lowest BCUT2D eigenvalue weighted by Crippen LogP contribution is -2.13. The van der Waals surface area contributed by atoms with E-state index in [1.54, 1.807) is 0 Å². The van der Waals surface area contributed by atoms with Crippen LogP contribution in [0.5, 0.6) is 0 Å². The molecular formula is C49H46N2. The number of hydrogen-bond acceptors (Lipinski definition) is 2. The van der Waals surface area contributed by atoms with E-state index in [4.69, 9.17) is 0 Å². The van der Waals surface area contributed by atoms with Crippen LogP contribution in [0.15, 0.2) is 176 Å². The number of nitrogens with zero attached hydrogens (tertiary/aromatic N) is 2. The van der Waals surface area contributed by atoms with Crippen molar-refractivity contribution < 1.29 is 0 Å². The zero-order chi connectivity index (χ0) is 35.3. The average molecular weight is 663 g/mol. The molecule has 2 heteroatoms. The number of hydrogen-bond donors (Lipinski definition) is 0.